The Morgan fingerprint density at radius 1 is 0.500 bits per heavy atom. The lowest BCUT2D eigenvalue weighted by Crippen LogP contribution is -2.14. The average Bonchev–Trinajstić information content (AvgIpc) is 3.49. The van der Waals surface area contributed by atoms with E-state index in [1.807, 2.05) is 12.1 Å². The highest BCUT2D eigenvalue weighted by Crippen LogP contribution is 2.51. The Labute approximate surface area is 233 Å². The van der Waals surface area contributed by atoms with Crippen LogP contribution in [0.1, 0.15) is 25.0 Å². The van der Waals surface area contributed by atoms with Crippen LogP contribution in [0.4, 0.5) is 0 Å². The van der Waals surface area contributed by atoms with Gasteiger partial charge in [-0.1, -0.05) is 117 Å². The third-order valence-electron chi connectivity index (χ3n) is 8.48. The Morgan fingerprint density at radius 2 is 1.12 bits per heavy atom. The zero-order valence-corrected chi connectivity index (χ0v) is 22.5. The molecule has 0 unspecified atom stereocenters. The first-order valence-electron chi connectivity index (χ1n) is 13.8. The maximum Gasteiger partial charge on any atom is 0.143 e. The largest absolute Gasteiger partial charge is 0.455 e. The highest BCUT2D eigenvalue weighted by molar-refractivity contribution is 6.11. The monoisotopic (exact) mass is 513 g/mol. The molecule has 0 fully saturated rings. The van der Waals surface area contributed by atoms with Gasteiger partial charge in [0.1, 0.15) is 11.2 Å². The van der Waals surface area contributed by atoms with Crippen LogP contribution in [0.25, 0.3) is 66.7 Å². The number of hydrogen-bond acceptors (Lipinski definition) is 2. The molecule has 1 aliphatic rings. The SMILES string of the molecule is CC1(C)c2ccccc2-c2cc3c(cc21)oc1c(-c2cc(-c4ccccc4)nc(-c4ccccc4)c2)cccc13. The predicted molar refractivity (Wildman–Crippen MR) is 165 cm³/mol. The second-order valence-corrected chi connectivity index (χ2v) is 11.2. The minimum Gasteiger partial charge on any atom is -0.455 e. The Balaban J connectivity index is 1.37. The molecule has 8 rings (SSSR count). The van der Waals surface area contributed by atoms with Gasteiger partial charge in [-0.3, -0.25) is 0 Å². The highest BCUT2D eigenvalue weighted by atomic mass is 16.3. The summed E-state index contributed by atoms with van der Waals surface area (Å²) in [5.41, 5.74) is 13.4. The number of rotatable bonds is 3. The molecule has 7 aromatic rings. The fraction of sp³-hybridized carbons (Fsp3) is 0.0789. The van der Waals surface area contributed by atoms with Crippen LogP contribution in [0.15, 0.2) is 132 Å². The molecule has 2 nitrogen and oxygen atoms in total. The van der Waals surface area contributed by atoms with Crippen molar-refractivity contribution in [1.82, 2.24) is 4.98 Å². The first-order valence-corrected chi connectivity index (χ1v) is 13.8. The number of nitrogens with zero attached hydrogens (tertiary/aromatic N) is 1. The molecule has 0 spiro atoms. The highest BCUT2D eigenvalue weighted by Gasteiger charge is 2.36. The molecule has 0 saturated carbocycles. The molecule has 0 radical (unpaired) electrons. The number of benzene rings is 5. The summed E-state index contributed by atoms with van der Waals surface area (Å²) in [5, 5.41) is 2.29. The topological polar surface area (TPSA) is 26.0 Å². The Morgan fingerprint density at radius 3 is 1.82 bits per heavy atom. The van der Waals surface area contributed by atoms with Crippen molar-refractivity contribution in [2.75, 3.05) is 0 Å². The van der Waals surface area contributed by atoms with Crippen molar-refractivity contribution in [3.8, 4) is 44.8 Å². The van der Waals surface area contributed by atoms with E-state index in [0.717, 1.165) is 55.6 Å². The van der Waals surface area contributed by atoms with Crippen LogP contribution >= 0.6 is 0 Å². The molecule has 0 saturated heterocycles. The predicted octanol–water partition coefficient (Wildman–Crippen LogP) is 10.3. The van der Waals surface area contributed by atoms with E-state index in [4.69, 9.17) is 9.40 Å². The normalized spacial score (nSPS) is 13.4. The van der Waals surface area contributed by atoms with Gasteiger partial charge in [0, 0.05) is 32.9 Å². The molecular formula is C38H27NO. The van der Waals surface area contributed by atoms with Gasteiger partial charge in [0.25, 0.3) is 0 Å². The van der Waals surface area contributed by atoms with Crippen molar-refractivity contribution in [1.29, 1.82) is 0 Å². The summed E-state index contributed by atoms with van der Waals surface area (Å²) in [7, 11) is 0. The van der Waals surface area contributed by atoms with E-state index in [9.17, 15) is 0 Å². The van der Waals surface area contributed by atoms with Gasteiger partial charge in [-0.15, -0.1) is 0 Å². The fourth-order valence-corrected chi connectivity index (χ4v) is 6.42. The standard InChI is InChI=1S/C38H27NO/c1-38(2)32-19-10-9-16-28(32)30-22-31-29-18-11-17-27(37(29)40-36(31)23-33(30)38)26-20-34(24-12-5-3-6-13-24)39-35(21-26)25-14-7-4-8-15-25/h3-23H,1-2H3. The molecule has 2 heterocycles. The maximum absolute atomic E-state index is 6.73. The van der Waals surface area contributed by atoms with E-state index in [1.54, 1.807) is 0 Å². The van der Waals surface area contributed by atoms with E-state index < -0.39 is 0 Å². The van der Waals surface area contributed by atoms with Gasteiger partial charge in [-0.05, 0) is 52.1 Å². The number of furan rings is 1. The summed E-state index contributed by atoms with van der Waals surface area (Å²) >= 11 is 0. The molecule has 0 atom stereocenters. The molecule has 2 aromatic heterocycles. The molecule has 2 heteroatoms. The summed E-state index contributed by atoms with van der Waals surface area (Å²) in [4.78, 5) is 5.07. The molecule has 1 aliphatic carbocycles. The van der Waals surface area contributed by atoms with Crippen LogP contribution in [-0.2, 0) is 5.41 Å². The molecular weight excluding hydrogens is 486 g/mol. The lowest BCUT2D eigenvalue weighted by atomic mass is 9.82. The summed E-state index contributed by atoms with van der Waals surface area (Å²) < 4.78 is 6.73. The minimum absolute atomic E-state index is 0.0673. The van der Waals surface area contributed by atoms with Crippen molar-refractivity contribution in [3.05, 3.63) is 139 Å². The second-order valence-electron chi connectivity index (χ2n) is 11.2. The Bertz CT molecular complexity index is 2010. The summed E-state index contributed by atoms with van der Waals surface area (Å²) in [6.07, 6.45) is 0. The molecule has 0 N–H and O–H groups in total. The number of pyridine rings is 1. The van der Waals surface area contributed by atoms with Gasteiger partial charge in [-0.2, -0.15) is 0 Å². The third kappa shape index (κ3) is 3.39. The van der Waals surface area contributed by atoms with E-state index in [1.165, 1.54) is 22.3 Å². The summed E-state index contributed by atoms with van der Waals surface area (Å²) in [5.74, 6) is 0. The number of para-hydroxylation sites is 1. The molecule has 0 aliphatic heterocycles. The Kier molecular flexibility index (Phi) is 4.90. The smallest absolute Gasteiger partial charge is 0.143 e. The van der Waals surface area contributed by atoms with Crippen molar-refractivity contribution in [2.45, 2.75) is 19.3 Å². The zero-order valence-electron chi connectivity index (χ0n) is 22.5. The van der Waals surface area contributed by atoms with Gasteiger partial charge in [0.2, 0.25) is 0 Å². The minimum atomic E-state index is -0.0673. The van der Waals surface area contributed by atoms with Gasteiger partial charge in [0.15, 0.2) is 0 Å². The average molecular weight is 514 g/mol. The number of hydrogen-bond donors (Lipinski definition) is 0. The van der Waals surface area contributed by atoms with Gasteiger partial charge >= 0.3 is 0 Å². The Hall–Kier alpha value is -4.95. The number of fused-ring (bicyclic) bond motifs is 6. The van der Waals surface area contributed by atoms with Crippen LogP contribution in [0.5, 0.6) is 0 Å². The van der Waals surface area contributed by atoms with Crippen LogP contribution in [0.3, 0.4) is 0 Å². The quantitative estimate of drug-likeness (QED) is 0.235. The van der Waals surface area contributed by atoms with Crippen LogP contribution in [-0.4, -0.2) is 4.98 Å². The van der Waals surface area contributed by atoms with E-state index in [2.05, 4.69) is 129 Å². The third-order valence-corrected chi connectivity index (χ3v) is 8.48. The van der Waals surface area contributed by atoms with Gasteiger partial charge in [-0.25, -0.2) is 4.98 Å². The van der Waals surface area contributed by atoms with Crippen molar-refractivity contribution < 1.29 is 4.42 Å². The van der Waals surface area contributed by atoms with Crippen LogP contribution in [0.2, 0.25) is 0 Å². The molecule has 190 valence electrons. The van der Waals surface area contributed by atoms with E-state index in [0.29, 0.717) is 0 Å². The molecule has 0 amide bonds. The zero-order chi connectivity index (χ0) is 26.8. The lowest BCUT2D eigenvalue weighted by Gasteiger charge is -2.21. The first kappa shape index (κ1) is 23.0. The second kappa shape index (κ2) is 8.53. The van der Waals surface area contributed by atoms with Crippen molar-refractivity contribution in [3.63, 3.8) is 0 Å². The van der Waals surface area contributed by atoms with E-state index in [-0.39, 0.29) is 5.41 Å². The van der Waals surface area contributed by atoms with Gasteiger partial charge in [0.05, 0.1) is 11.4 Å². The van der Waals surface area contributed by atoms with Crippen molar-refractivity contribution >= 4 is 21.9 Å². The van der Waals surface area contributed by atoms with Crippen molar-refractivity contribution in [2.24, 2.45) is 0 Å². The molecule has 0 bridgehead atoms. The van der Waals surface area contributed by atoms with E-state index >= 15 is 0 Å². The van der Waals surface area contributed by atoms with Crippen LogP contribution < -0.4 is 0 Å². The summed E-state index contributed by atoms with van der Waals surface area (Å²) in [6, 6.07) is 45.0. The first-order chi connectivity index (χ1) is 19.6. The summed E-state index contributed by atoms with van der Waals surface area (Å²) in [6.45, 7) is 4.62. The fourth-order valence-electron chi connectivity index (χ4n) is 6.42. The number of aromatic nitrogens is 1. The maximum atomic E-state index is 6.73. The molecule has 5 aromatic carbocycles. The lowest BCUT2D eigenvalue weighted by molar-refractivity contribution is 0.648. The van der Waals surface area contributed by atoms with Gasteiger partial charge < -0.3 is 4.42 Å². The molecule has 40 heavy (non-hydrogen) atoms. The van der Waals surface area contributed by atoms with Crippen LogP contribution in [0, 0.1) is 0 Å².